The number of hydrogen-bond acceptors (Lipinski definition) is 5. The van der Waals surface area contributed by atoms with Crippen LogP contribution in [0.5, 0.6) is 5.75 Å². The Hall–Kier alpha value is -1.80. The quantitative estimate of drug-likeness (QED) is 0.782. The number of alkyl halides is 3. The average Bonchev–Trinajstić information content (AvgIpc) is 3.12. The molecule has 142 valence electrons. The van der Waals surface area contributed by atoms with Crippen molar-refractivity contribution in [2.75, 3.05) is 18.9 Å². The van der Waals surface area contributed by atoms with E-state index in [0.29, 0.717) is 22.9 Å². The first kappa shape index (κ1) is 19.0. The molecule has 26 heavy (non-hydrogen) atoms. The zero-order chi connectivity index (χ0) is 18.9. The number of halogens is 3. The normalized spacial score (nSPS) is 18.3. The fourth-order valence-corrected chi connectivity index (χ4v) is 4.24. The summed E-state index contributed by atoms with van der Waals surface area (Å²) in [7, 11) is 1.79. The van der Waals surface area contributed by atoms with Crippen molar-refractivity contribution in [3.63, 3.8) is 0 Å². The second-order valence-corrected chi connectivity index (χ2v) is 7.67. The van der Waals surface area contributed by atoms with Crippen LogP contribution in [0, 0.1) is 6.92 Å². The van der Waals surface area contributed by atoms with Gasteiger partial charge in [0.25, 0.3) is 0 Å². The lowest BCUT2D eigenvalue weighted by Crippen LogP contribution is -2.25. The second-order valence-electron chi connectivity index (χ2n) is 6.59. The van der Waals surface area contributed by atoms with Gasteiger partial charge in [-0.3, -0.25) is 4.90 Å². The van der Waals surface area contributed by atoms with Crippen molar-refractivity contribution < 1.29 is 17.9 Å². The predicted octanol–water partition coefficient (Wildman–Crippen LogP) is 5.04. The number of nitrogens with zero attached hydrogens (tertiary/aromatic N) is 2. The number of rotatable bonds is 5. The molecular formula is C18H22F3N3OS. The van der Waals surface area contributed by atoms with Crippen molar-refractivity contribution in [3.8, 4) is 17.0 Å². The molecule has 1 fully saturated rings. The number of thiazole rings is 1. The smallest absolute Gasteiger partial charge is 0.406 e. The van der Waals surface area contributed by atoms with Crippen molar-refractivity contribution in [1.29, 1.82) is 0 Å². The van der Waals surface area contributed by atoms with Crippen LogP contribution >= 0.6 is 11.3 Å². The fraction of sp³-hybridized carbons (Fsp3) is 0.500. The van der Waals surface area contributed by atoms with Crippen molar-refractivity contribution in [2.24, 2.45) is 0 Å². The Bertz CT molecular complexity index is 776. The largest absolute Gasteiger partial charge is 0.573 e. The van der Waals surface area contributed by atoms with Gasteiger partial charge in [-0.15, -0.1) is 24.5 Å². The first-order chi connectivity index (χ1) is 12.2. The van der Waals surface area contributed by atoms with Crippen LogP contribution in [-0.2, 0) is 6.54 Å². The van der Waals surface area contributed by atoms with Crippen molar-refractivity contribution in [3.05, 3.63) is 28.6 Å². The van der Waals surface area contributed by atoms with Gasteiger partial charge in [-0.05, 0) is 57.0 Å². The first-order valence-corrected chi connectivity index (χ1v) is 9.36. The molecule has 1 unspecified atom stereocenters. The van der Waals surface area contributed by atoms with E-state index < -0.39 is 6.36 Å². The number of likely N-dealkylation sites (tertiary alicyclic amines) is 1. The summed E-state index contributed by atoms with van der Waals surface area (Å²) in [5.41, 5.74) is 2.05. The van der Waals surface area contributed by atoms with E-state index in [1.807, 2.05) is 6.07 Å². The maximum atomic E-state index is 12.6. The molecule has 3 rings (SSSR count). The van der Waals surface area contributed by atoms with E-state index >= 15 is 0 Å². The van der Waals surface area contributed by atoms with Crippen molar-refractivity contribution in [2.45, 2.75) is 45.6 Å². The van der Waals surface area contributed by atoms with Crippen LogP contribution in [-0.4, -0.2) is 35.9 Å². The van der Waals surface area contributed by atoms with E-state index in [9.17, 15) is 13.2 Å². The third-order valence-corrected chi connectivity index (χ3v) is 5.56. The summed E-state index contributed by atoms with van der Waals surface area (Å²) in [5, 5.41) is 3.79. The summed E-state index contributed by atoms with van der Waals surface area (Å²) in [6.07, 6.45) is -2.37. The SMILES string of the molecule is CNc1nc(-c2cc(C)cc(OC(F)(F)F)c2)c(CN2CCCC2C)s1. The average molecular weight is 385 g/mol. The van der Waals surface area contributed by atoms with Crippen LogP contribution in [0.25, 0.3) is 11.3 Å². The highest BCUT2D eigenvalue weighted by Crippen LogP contribution is 2.36. The van der Waals surface area contributed by atoms with Gasteiger partial charge in [0.1, 0.15) is 5.75 Å². The predicted molar refractivity (Wildman–Crippen MR) is 97.6 cm³/mol. The van der Waals surface area contributed by atoms with Gasteiger partial charge in [-0.25, -0.2) is 4.98 Å². The maximum absolute atomic E-state index is 12.6. The van der Waals surface area contributed by atoms with Crippen LogP contribution in [0.15, 0.2) is 18.2 Å². The zero-order valence-corrected chi connectivity index (χ0v) is 15.8. The molecule has 1 aliphatic heterocycles. The molecule has 1 N–H and O–H groups in total. The summed E-state index contributed by atoms with van der Waals surface area (Å²) < 4.78 is 41.9. The Kier molecular flexibility index (Phi) is 5.43. The molecule has 1 aromatic carbocycles. The summed E-state index contributed by atoms with van der Waals surface area (Å²) in [4.78, 5) is 8.02. The number of nitrogens with one attached hydrogen (secondary N) is 1. The number of aromatic nitrogens is 1. The van der Waals surface area contributed by atoms with Gasteiger partial charge in [0.15, 0.2) is 5.13 Å². The standard InChI is InChI=1S/C18H22F3N3OS/c1-11-7-13(9-14(8-11)25-18(19,20)21)16-15(26-17(22-3)23-16)10-24-6-4-5-12(24)2/h7-9,12H,4-6,10H2,1-3H3,(H,22,23). The molecule has 1 aliphatic rings. The highest BCUT2D eigenvalue weighted by molar-refractivity contribution is 7.16. The molecule has 0 radical (unpaired) electrons. The molecule has 0 spiro atoms. The number of hydrogen-bond donors (Lipinski definition) is 1. The third kappa shape index (κ3) is 4.48. The van der Waals surface area contributed by atoms with Crippen molar-refractivity contribution >= 4 is 16.5 Å². The lowest BCUT2D eigenvalue weighted by molar-refractivity contribution is -0.274. The van der Waals surface area contributed by atoms with Gasteiger partial charge < -0.3 is 10.1 Å². The minimum Gasteiger partial charge on any atom is -0.406 e. The highest BCUT2D eigenvalue weighted by Gasteiger charge is 2.31. The third-order valence-electron chi connectivity index (χ3n) is 4.51. The fourth-order valence-electron chi connectivity index (χ4n) is 3.28. The van der Waals surface area contributed by atoms with Gasteiger partial charge in [0.05, 0.1) is 5.69 Å². The Morgan fingerprint density at radius 1 is 1.35 bits per heavy atom. The topological polar surface area (TPSA) is 37.4 Å². The maximum Gasteiger partial charge on any atom is 0.573 e. The molecule has 0 amide bonds. The highest BCUT2D eigenvalue weighted by atomic mass is 32.1. The molecule has 0 saturated carbocycles. The molecule has 8 heteroatoms. The summed E-state index contributed by atoms with van der Waals surface area (Å²) in [5.74, 6) is -0.216. The lowest BCUT2D eigenvalue weighted by atomic mass is 10.1. The Labute approximate surface area is 155 Å². The van der Waals surface area contributed by atoms with E-state index in [2.05, 4.69) is 26.9 Å². The molecule has 0 aliphatic carbocycles. The Morgan fingerprint density at radius 2 is 2.12 bits per heavy atom. The minimum absolute atomic E-state index is 0.216. The molecule has 0 bridgehead atoms. The van der Waals surface area contributed by atoms with Gasteiger partial charge in [-0.1, -0.05) is 0 Å². The summed E-state index contributed by atoms with van der Waals surface area (Å²) in [6.45, 7) is 5.73. The zero-order valence-electron chi connectivity index (χ0n) is 15.0. The van der Waals surface area contributed by atoms with E-state index in [0.717, 1.165) is 23.1 Å². The van der Waals surface area contributed by atoms with Crippen LogP contribution in [0.1, 0.15) is 30.2 Å². The number of anilines is 1. The lowest BCUT2D eigenvalue weighted by Gasteiger charge is -2.20. The molecule has 1 atom stereocenters. The molecular weight excluding hydrogens is 363 g/mol. The van der Waals surface area contributed by atoms with Crippen LogP contribution in [0.4, 0.5) is 18.3 Å². The van der Waals surface area contributed by atoms with Gasteiger partial charge in [0, 0.05) is 30.1 Å². The summed E-state index contributed by atoms with van der Waals surface area (Å²) >= 11 is 1.54. The Balaban J connectivity index is 1.96. The molecule has 2 heterocycles. The summed E-state index contributed by atoms with van der Waals surface area (Å²) in [6, 6.07) is 5.13. The monoisotopic (exact) mass is 385 g/mol. The first-order valence-electron chi connectivity index (χ1n) is 8.54. The van der Waals surface area contributed by atoms with Crippen LogP contribution in [0.2, 0.25) is 0 Å². The second kappa shape index (κ2) is 7.44. The van der Waals surface area contributed by atoms with Crippen LogP contribution < -0.4 is 10.1 Å². The molecule has 4 nitrogen and oxygen atoms in total. The van der Waals surface area contributed by atoms with Gasteiger partial charge >= 0.3 is 6.36 Å². The molecule has 1 aromatic heterocycles. The van der Waals surface area contributed by atoms with E-state index in [-0.39, 0.29) is 5.75 Å². The van der Waals surface area contributed by atoms with E-state index in [1.165, 1.54) is 25.0 Å². The van der Waals surface area contributed by atoms with Crippen molar-refractivity contribution in [1.82, 2.24) is 9.88 Å². The molecule has 1 saturated heterocycles. The van der Waals surface area contributed by atoms with Gasteiger partial charge in [0.2, 0.25) is 0 Å². The van der Waals surface area contributed by atoms with E-state index in [4.69, 9.17) is 0 Å². The number of benzene rings is 1. The van der Waals surface area contributed by atoms with Gasteiger partial charge in [-0.2, -0.15) is 0 Å². The van der Waals surface area contributed by atoms with E-state index in [1.54, 1.807) is 25.3 Å². The Morgan fingerprint density at radius 3 is 2.73 bits per heavy atom. The minimum atomic E-state index is -4.71. The number of ether oxygens (including phenoxy) is 1. The number of aryl methyl sites for hydroxylation is 1. The van der Waals surface area contributed by atoms with Crippen LogP contribution in [0.3, 0.4) is 0 Å². The molecule has 2 aromatic rings.